The van der Waals surface area contributed by atoms with Crippen LogP contribution in [0.2, 0.25) is 0 Å². The first-order valence-electron chi connectivity index (χ1n) is 10.5. The minimum absolute atomic E-state index is 0.0923. The average molecular weight is 493 g/mol. The number of benzene rings is 1. The van der Waals surface area contributed by atoms with Crippen LogP contribution >= 0.6 is 15.9 Å². The Morgan fingerprint density at radius 2 is 2.06 bits per heavy atom. The quantitative estimate of drug-likeness (QED) is 0.677. The molecular formula is C22H29BrN4O4. The maximum absolute atomic E-state index is 12.4. The van der Waals surface area contributed by atoms with Gasteiger partial charge in [0, 0.05) is 23.0 Å². The van der Waals surface area contributed by atoms with E-state index in [-0.39, 0.29) is 29.4 Å². The second-order valence-corrected chi connectivity index (χ2v) is 10.7. The Morgan fingerprint density at radius 3 is 2.71 bits per heavy atom. The van der Waals surface area contributed by atoms with E-state index in [9.17, 15) is 9.59 Å². The number of rotatable bonds is 2. The lowest BCUT2D eigenvalue weighted by atomic mass is 9.69. The van der Waals surface area contributed by atoms with Crippen LogP contribution in [0.3, 0.4) is 0 Å². The van der Waals surface area contributed by atoms with E-state index in [0.29, 0.717) is 25.5 Å². The summed E-state index contributed by atoms with van der Waals surface area (Å²) in [6.07, 6.45) is -0.274. The molecule has 1 aromatic rings. The van der Waals surface area contributed by atoms with Gasteiger partial charge in [-0.15, -0.1) is 0 Å². The minimum Gasteiger partial charge on any atom is -0.483 e. The van der Waals surface area contributed by atoms with Gasteiger partial charge in [0.2, 0.25) is 0 Å². The van der Waals surface area contributed by atoms with Crippen molar-refractivity contribution >= 4 is 39.5 Å². The summed E-state index contributed by atoms with van der Waals surface area (Å²) in [5.74, 6) is 1.42. The van der Waals surface area contributed by atoms with Crippen molar-refractivity contribution in [3.05, 3.63) is 22.2 Å². The van der Waals surface area contributed by atoms with Crippen molar-refractivity contribution in [1.82, 2.24) is 10.3 Å². The Morgan fingerprint density at radius 1 is 1.39 bits per heavy atom. The Balaban J connectivity index is 1.59. The van der Waals surface area contributed by atoms with Crippen molar-refractivity contribution in [3.8, 4) is 5.75 Å². The molecule has 0 aromatic heterocycles. The van der Waals surface area contributed by atoms with E-state index < -0.39 is 5.60 Å². The van der Waals surface area contributed by atoms with Crippen LogP contribution in [-0.4, -0.2) is 54.1 Å². The maximum atomic E-state index is 12.4. The lowest BCUT2D eigenvalue weighted by molar-refractivity contribution is -0.122. The summed E-state index contributed by atoms with van der Waals surface area (Å²) in [4.78, 5) is 28.3. The van der Waals surface area contributed by atoms with E-state index in [1.54, 1.807) is 4.90 Å². The number of nitrogens with zero attached hydrogens (tertiary/aromatic N) is 3. The SMILES string of the molecule is C[C@@H]1C(=O)NN=C2COc3cc(Br)c([C@@H](C)C4(C)CN(C(=O)OC(C)(C)C)C4)cc3N21. The molecule has 168 valence electrons. The number of hydrogen-bond acceptors (Lipinski definition) is 6. The molecule has 9 heteroatoms. The lowest BCUT2D eigenvalue weighted by Gasteiger charge is -2.51. The van der Waals surface area contributed by atoms with Crippen LogP contribution in [0.1, 0.15) is 53.0 Å². The monoisotopic (exact) mass is 492 g/mol. The fourth-order valence-corrected chi connectivity index (χ4v) is 4.99. The third kappa shape index (κ3) is 3.88. The number of anilines is 1. The van der Waals surface area contributed by atoms with Crippen LogP contribution in [-0.2, 0) is 9.53 Å². The molecule has 4 rings (SSSR count). The van der Waals surface area contributed by atoms with E-state index in [2.05, 4.69) is 46.4 Å². The van der Waals surface area contributed by atoms with Crippen LogP contribution in [0.5, 0.6) is 5.75 Å². The van der Waals surface area contributed by atoms with Gasteiger partial charge in [-0.05, 0) is 51.3 Å². The predicted octanol–water partition coefficient (Wildman–Crippen LogP) is 3.84. The maximum Gasteiger partial charge on any atom is 0.410 e. The summed E-state index contributed by atoms with van der Waals surface area (Å²) in [6.45, 7) is 13.4. The Kier molecular flexibility index (Phi) is 5.23. The van der Waals surface area contributed by atoms with Gasteiger partial charge < -0.3 is 19.3 Å². The molecule has 2 atom stereocenters. The fraction of sp³-hybridized carbons (Fsp3) is 0.591. The number of amidine groups is 1. The number of carbonyl (C=O) groups is 2. The number of ether oxygens (including phenoxy) is 2. The fourth-order valence-electron chi connectivity index (χ4n) is 4.33. The third-order valence-electron chi connectivity index (χ3n) is 6.30. The van der Waals surface area contributed by atoms with Crippen LogP contribution in [0.4, 0.5) is 10.5 Å². The molecule has 31 heavy (non-hydrogen) atoms. The number of nitrogens with one attached hydrogen (secondary N) is 1. The van der Waals surface area contributed by atoms with E-state index >= 15 is 0 Å². The van der Waals surface area contributed by atoms with Crippen molar-refractivity contribution in [1.29, 1.82) is 0 Å². The van der Waals surface area contributed by atoms with Gasteiger partial charge in [-0.2, -0.15) is 5.10 Å². The summed E-state index contributed by atoms with van der Waals surface area (Å²) < 4.78 is 12.3. The normalized spacial score (nSPS) is 22.9. The molecule has 8 nitrogen and oxygen atoms in total. The first-order chi connectivity index (χ1) is 14.4. The number of halogens is 1. The third-order valence-corrected chi connectivity index (χ3v) is 6.99. The number of hydrazone groups is 1. The zero-order chi connectivity index (χ0) is 22.7. The molecule has 1 fully saturated rings. The number of fused-ring (bicyclic) bond motifs is 3. The highest BCUT2D eigenvalue weighted by Crippen LogP contribution is 2.48. The van der Waals surface area contributed by atoms with E-state index in [4.69, 9.17) is 9.47 Å². The van der Waals surface area contributed by atoms with Crippen molar-refractivity contribution < 1.29 is 19.1 Å². The number of hydrogen-bond donors (Lipinski definition) is 1. The van der Waals surface area contributed by atoms with Gasteiger partial charge in [0.15, 0.2) is 5.84 Å². The first kappa shape index (κ1) is 21.9. The molecule has 0 saturated carbocycles. The van der Waals surface area contributed by atoms with E-state index in [1.165, 1.54) is 0 Å². The molecule has 2 amide bonds. The van der Waals surface area contributed by atoms with Crippen molar-refractivity contribution in [3.63, 3.8) is 0 Å². The van der Waals surface area contributed by atoms with Crippen LogP contribution in [0, 0.1) is 5.41 Å². The molecule has 0 unspecified atom stereocenters. The molecule has 3 aliphatic heterocycles. The molecular weight excluding hydrogens is 464 g/mol. The van der Waals surface area contributed by atoms with Gasteiger partial charge in [-0.25, -0.2) is 10.2 Å². The van der Waals surface area contributed by atoms with Gasteiger partial charge in [0.25, 0.3) is 5.91 Å². The molecule has 3 aliphatic rings. The van der Waals surface area contributed by atoms with Gasteiger partial charge in [0.1, 0.15) is 24.0 Å². The Hall–Kier alpha value is -2.29. The summed E-state index contributed by atoms with van der Waals surface area (Å²) >= 11 is 3.71. The summed E-state index contributed by atoms with van der Waals surface area (Å²) in [5.41, 5.74) is 3.90. The number of carbonyl (C=O) groups excluding carboxylic acids is 2. The smallest absolute Gasteiger partial charge is 0.410 e. The molecule has 0 radical (unpaired) electrons. The Labute approximate surface area is 191 Å². The molecule has 0 aliphatic carbocycles. The first-order valence-corrected chi connectivity index (χ1v) is 11.3. The van der Waals surface area contributed by atoms with Crippen LogP contribution in [0.15, 0.2) is 21.7 Å². The van der Waals surface area contributed by atoms with Gasteiger partial charge >= 0.3 is 6.09 Å². The van der Waals surface area contributed by atoms with E-state index in [1.807, 2.05) is 38.7 Å². The molecule has 1 saturated heterocycles. The van der Waals surface area contributed by atoms with Gasteiger partial charge in [-0.3, -0.25) is 4.79 Å². The zero-order valence-corrected chi connectivity index (χ0v) is 20.4. The van der Waals surface area contributed by atoms with Crippen LogP contribution in [0.25, 0.3) is 0 Å². The highest BCUT2D eigenvalue weighted by atomic mass is 79.9. The molecule has 1 N–H and O–H groups in total. The average Bonchev–Trinajstić information content (AvgIpc) is 2.65. The molecule has 3 heterocycles. The minimum atomic E-state index is -0.507. The summed E-state index contributed by atoms with van der Waals surface area (Å²) in [7, 11) is 0. The topological polar surface area (TPSA) is 83.5 Å². The van der Waals surface area contributed by atoms with E-state index in [0.717, 1.165) is 21.5 Å². The number of likely N-dealkylation sites (tertiary alicyclic amines) is 1. The molecule has 1 aromatic carbocycles. The molecule has 0 spiro atoms. The highest BCUT2D eigenvalue weighted by molar-refractivity contribution is 9.10. The standard InChI is InChI=1S/C22H29BrN4O4/c1-12(22(6)10-26(11-22)20(29)31-21(3,4)5)14-7-16-17(8-15(14)23)30-9-18-24-25-19(28)13(2)27(16)18/h7-8,12-13H,9-11H2,1-6H3,(H,25,28)/t12-,13-/m1/s1. The second kappa shape index (κ2) is 7.39. The van der Waals surface area contributed by atoms with Crippen molar-refractivity contribution in [2.75, 3.05) is 24.6 Å². The molecule has 0 bridgehead atoms. The predicted molar refractivity (Wildman–Crippen MR) is 121 cm³/mol. The van der Waals surface area contributed by atoms with Crippen LogP contribution < -0.4 is 15.1 Å². The van der Waals surface area contributed by atoms with Gasteiger partial charge in [0.05, 0.1) is 5.69 Å². The summed E-state index contributed by atoms with van der Waals surface area (Å²) in [5, 5.41) is 4.16. The second-order valence-electron chi connectivity index (χ2n) is 9.89. The zero-order valence-electron chi connectivity index (χ0n) is 18.8. The Bertz CT molecular complexity index is 965. The highest BCUT2D eigenvalue weighted by Gasteiger charge is 2.47. The number of amides is 2. The van der Waals surface area contributed by atoms with Crippen molar-refractivity contribution in [2.24, 2.45) is 10.5 Å². The largest absolute Gasteiger partial charge is 0.483 e. The lowest BCUT2D eigenvalue weighted by Crippen LogP contribution is -2.59. The van der Waals surface area contributed by atoms with Crippen molar-refractivity contribution in [2.45, 2.75) is 59.1 Å². The summed E-state index contributed by atoms with van der Waals surface area (Å²) in [6, 6.07) is 3.67. The van der Waals surface area contributed by atoms with Gasteiger partial charge in [-0.1, -0.05) is 29.8 Å².